The summed E-state index contributed by atoms with van der Waals surface area (Å²) in [4.78, 5) is 11.8. The number of hydrogen-bond acceptors (Lipinski definition) is 5. The fourth-order valence-corrected chi connectivity index (χ4v) is 2.20. The number of aliphatic hydroxyl groups is 1. The number of carbonyl (C=O) groups excluding carboxylic acids is 1. The number of methoxy groups -OCH3 is 1. The summed E-state index contributed by atoms with van der Waals surface area (Å²) in [7, 11) is 0.777. The molecule has 26 heavy (non-hydrogen) atoms. The Kier molecular flexibility index (Phi) is 8.20. The Hall–Kier alpha value is -1.96. The molecule has 0 aliphatic heterocycles. The van der Waals surface area contributed by atoms with Crippen LogP contribution in [0.3, 0.4) is 0 Å². The first-order valence-electron chi connectivity index (χ1n) is 8.49. The van der Waals surface area contributed by atoms with Crippen LogP contribution < -0.4 is 9.47 Å². The molecule has 0 spiro atoms. The van der Waals surface area contributed by atoms with Gasteiger partial charge in [-0.05, 0) is 25.0 Å². The zero-order valence-corrected chi connectivity index (χ0v) is 15.2. The summed E-state index contributed by atoms with van der Waals surface area (Å²) in [5.74, 6) is -1.80. The van der Waals surface area contributed by atoms with E-state index < -0.39 is 23.3 Å². The van der Waals surface area contributed by atoms with Crippen LogP contribution in [0, 0.1) is 0 Å². The summed E-state index contributed by atoms with van der Waals surface area (Å²) >= 11 is 0. The van der Waals surface area contributed by atoms with Crippen LogP contribution in [-0.2, 0) is 15.1 Å². The van der Waals surface area contributed by atoms with E-state index >= 15 is 0 Å². The zero-order chi connectivity index (χ0) is 19.8. The van der Waals surface area contributed by atoms with E-state index in [1.807, 2.05) is 13.8 Å². The van der Waals surface area contributed by atoms with Crippen molar-refractivity contribution in [3.8, 4) is 11.5 Å². The lowest BCUT2D eigenvalue weighted by atomic mass is 9.92. The van der Waals surface area contributed by atoms with Gasteiger partial charge in [0.25, 0.3) is 5.60 Å². The van der Waals surface area contributed by atoms with Gasteiger partial charge in [-0.2, -0.15) is 13.2 Å². The number of carbonyl (C=O) groups is 1. The van der Waals surface area contributed by atoms with Crippen molar-refractivity contribution in [2.24, 2.45) is 0 Å². The van der Waals surface area contributed by atoms with Crippen LogP contribution in [0.1, 0.15) is 45.1 Å². The van der Waals surface area contributed by atoms with Gasteiger partial charge in [0.05, 0.1) is 20.3 Å². The van der Waals surface area contributed by atoms with E-state index in [9.17, 15) is 23.1 Å². The fraction of sp³-hybridized carbons (Fsp3) is 0.611. The number of hydrogen-bond donors (Lipinski definition) is 1. The molecule has 0 aromatic heterocycles. The number of alkyl halides is 3. The van der Waals surface area contributed by atoms with Gasteiger partial charge in [0.15, 0.2) is 0 Å². The van der Waals surface area contributed by atoms with E-state index in [4.69, 9.17) is 9.47 Å². The minimum atomic E-state index is -5.28. The van der Waals surface area contributed by atoms with E-state index in [-0.39, 0.29) is 12.4 Å². The summed E-state index contributed by atoms with van der Waals surface area (Å²) in [6.07, 6.45) is -2.24. The lowest BCUT2D eigenvalue weighted by Gasteiger charge is -2.29. The second-order valence-corrected chi connectivity index (χ2v) is 5.76. The molecular weight excluding hydrogens is 353 g/mol. The van der Waals surface area contributed by atoms with Crippen LogP contribution >= 0.6 is 0 Å². The van der Waals surface area contributed by atoms with Gasteiger partial charge in [0, 0.05) is 11.6 Å². The van der Waals surface area contributed by atoms with Crippen LogP contribution in [0.25, 0.3) is 0 Å². The van der Waals surface area contributed by atoms with Crippen molar-refractivity contribution in [3.63, 3.8) is 0 Å². The van der Waals surface area contributed by atoms with Gasteiger partial charge in [-0.25, -0.2) is 4.79 Å². The molecule has 1 aromatic rings. The summed E-state index contributed by atoms with van der Waals surface area (Å²) in [5.41, 5.74) is -4.55. The molecule has 0 amide bonds. The molecule has 1 N–H and O–H groups in total. The Labute approximate surface area is 151 Å². The number of benzene rings is 1. The number of ether oxygens (including phenoxy) is 3. The standard InChI is InChI=1S/C18H25F3O5/c1-4-6-10-25-13-8-9-14(15(12-13)26-11-7-5-2)17(23,16(22)24-3)18(19,20)21/h8-9,12,23H,4-7,10-11H2,1-3H3/t17-/m0/s1. The molecule has 0 unspecified atom stereocenters. The Bertz CT molecular complexity index is 589. The lowest BCUT2D eigenvalue weighted by Crippen LogP contribution is -2.50. The zero-order valence-electron chi connectivity index (χ0n) is 15.2. The van der Waals surface area contributed by atoms with Gasteiger partial charge < -0.3 is 19.3 Å². The first kappa shape index (κ1) is 22.1. The molecule has 0 bridgehead atoms. The van der Waals surface area contributed by atoms with Crippen LogP contribution in [0.4, 0.5) is 13.2 Å². The molecule has 0 radical (unpaired) electrons. The molecule has 0 saturated carbocycles. The smallest absolute Gasteiger partial charge is 0.432 e. The molecule has 0 aliphatic rings. The van der Waals surface area contributed by atoms with Crippen LogP contribution in [0.5, 0.6) is 11.5 Å². The molecule has 0 aliphatic carbocycles. The van der Waals surface area contributed by atoms with Gasteiger partial charge in [-0.3, -0.25) is 0 Å². The maximum Gasteiger partial charge on any atom is 0.432 e. The van der Waals surface area contributed by atoms with Gasteiger partial charge in [-0.1, -0.05) is 26.7 Å². The lowest BCUT2D eigenvalue weighted by molar-refractivity contribution is -0.267. The average molecular weight is 378 g/mol. The molecule has 148 valence electrons. The molecule has 1 rings (SSSR count). The summed E-state index contributed by atoms with van der Waals surface area (Å²) in [6, 6.07) is 3.49. The van der Waals surface area contributed by atoms with Gasteiger partial charge in [-0.15, -0.1) is 0 Å². The molecule has 5 nitrogen and oxygen atoms in total. The molecule has 1 aromatic carbocycles. The predicted octanol–water partition coefficient (Wildman–Crippen LogP) is 3.97. The SMILES string of the molecule is CCCCOc1ccc([C@](O)(C(=O)OC)C(F)(F)F)c(OCCCC)c1. The van der Waals surface area contributed by atoms with Crippen molar-refractivity contribution >= 4 is 5.97 Å². The second kappa shape index (κ2) is 9.66. The van der Waals surface area contributed by atoms with E-state index in [0.717, 1.165) is 32.4 Å². The highest BCUT2D eigenvalue weighted by Gasteiger charge is 2.63. The van der Waals surface area contributed by atoms with Crippen LogP contribution in [-0.4, -0.2) is 37.6 Å². The van der Waals surface area contributed by atoms with Crippen LogP contribution in [0.2, 0.25) is 0 Å². The normalized spacial score (nSPS) is 13.8. The largest absolute Gasteiger partial charge is 0.493 e. The number of esters is 1. The van der Waals surface area contributed by atoms with E-state index in [0.29, 0.717) is 18.8 Å². The summed E-state index contributed by atoms with van der Waals surface area (Å²) in [5, 5.41) is 10.2. The summed E-state index contributed by atoms with van der Waals surface area (Å²) in [6.45, 7) is 4.41. The monoisotopic (exact) mass is 378 g/mol. The van der Waals surface area contributed by atoms with E-state index in [2.05, 4.69) is 4.74 Å². The maximum atomic E-state index is 13.5. The van der Waals surface area contributed by atoms with Crippen molar-refractivity contribution in [2.45, 2.75) is 51.3 Å². The Balaban J connectivity index is 3.34. The van der Waals surface area contributed by atoms with Crippen molar-refractivity contribution in [3.05, 3.63) is 23.8 Å². The fourth-order valence-electron chi connectivity index (χ4n) is 2.20. The molecule has 8 heteroatoms. The van der Waals surface area contributed by atoms with Gasteiger partial charge >= 0.3 is 12.1 Å². The quantitative estimate of drug-likeness (QED) is 0.493. The average Bonchev–Trinajstić information content (AvgIpc) is 2.60. The highest BCUT2D eigenvalue weighted by molar-refractivity contribution is 5.83. The topological polar surface area (TPSA) is 65.0 Å². The third-order valence-corrected chi connectivity index (χ3v) is 3.76. The molecule has 1 atom stereocenters. The van der Waals surface area contributed by atoms with Crippen LogP contribution in [0.15, 0.2) is 18.2 Å². The Morgan fingerprint density at radius 3 is 2.15 bits per heavy atom. The van der Waals surface area contributed by atoms with Crippen molar-refractivity contribution in [1.82, 2.24) is 0 Å². The molecule has 0 fully saturated rings. The van der Waals surface area contributed by atoms with Crippen molar-refractivity contribution < 1.29 is 37.3 Å². The summed E-state index contributed by atoms with van der Waals surface area (Å²) < 4.78 is 55.6. The number of halogens is 3. The molecular formula is C18H25F3O5. The van der Waals surface area contributed by atoms with E-state index in [1.165, 1.54) is 12.1 Å². The first-order valence-corrected chi connectivity index (χ1v) is 8.49. The van der Waals surface area contributed by atoms with Gasteiger partial charge in [0.2, 0.25) is 0 Å². The van der Waals surface area contributed by atoms with Crippen molar-refractivity contribution in [2.75, 3.05) is 20.3 Å². The number of rotatable bonds is 10. The highest BCUT2D eigenvalue weighted by Crippen LogP contribution is 2.44. The van der Waals surface area contributed by atoms with Crippen molar-refractivity contribution in [1.29, 1.82) is 0 Å². The first-order chi connectivity index (χ1) is 12.2. The molecule has 0 heterocycles. The van der Waals surface area contributed by atoms with E-state index in [1.54, 1.807) is 0 Å². The van der Waals surface area contributed by atoms with Gasteiger partial charge in [0.1, 0.15) is 11.5 Å². The Morgan fingerprint density at radius 1 is 1.08 bits per heavy atom. The Morgan fingerprint density at radius 2 is 1.65 bits per heavy atom. The second-order valence-electron chi connectivity index (χ2n) is 5.76. The minimum Gasteiger partial charge on any atom is -0.493 e. The predicted molar refractivity (Wildman–Crippen MR) is 89.2 cm³/mol. The molecule has 0 saturated heterocycles. The minimum absolute atomic E-state index is 0.136. The third kappa shape index (κ3) is 5.03. The highest BCUT2D eigenvalue weighted by atomic mass is 19.4. The third-order valence-electron chi connectivity index (χ3n) is 3.76. The maximum absolute atomic E-state index is 13.5. The number of unbranched alkanes of at least 4 members (excludes halogenated alkanes) is 2.